The van der Waals surface area contributed by atoms with Gasteiger partial charge in [0.25, 0.3) is 5.91 Å². The van der Waals surface area contributed by atoms with Gasteiger partial charge < -0.3 is 5.32 Å². The summed E-state index contributed by atoms with van der Waals surface area (Å²) in [5, 5.41) is 3.94. The standard InChI is InChI=1S/C19H19Cl2FN2O/c20-14-3-1-13(2-4-14)12-24-9-7-16(8-10-24)23-19(25)17-6-5-15(21)11-18(17)22/h1-6,11,16H,7-10,12H2,(H,23,25). The van der Waals surface area contributed by atoms with Crippen LogP contribution >= 0.6 is 23.2 Å². The Labute approximate surface area is 156 Å². The maximum atomic E-state index is 13.8. The first-order chi connectivity index (χ1) is 12.0. The lowest BCUT2D eigenvalue weighted by Gasteiger charge is -2.32. The van der Waals surface area contributed by atoms with Crippen molar-refractivity contribution in [3.05, 3.63) is 69.5 Å². The van der Waals surface area contributed by atoms with Gasteiger partial charge in [-0.3, -0.25) is 9.69 Å². The third kappa shape index (κ3) is 4.94. The van der Waals surface area contributed by atoms with E-state index in [1.54, 1.807) is 0 Å². The molecule has 0 atom stereocenters. The summed E-state index contributed by atoms with van der Waals surface area (Å²) < 4.78 is 13.8. The Morgan fingerprint density at radius 2 is 1.72 bits per heavy atom. The van der Waals surface area contributed by atoms with Gasteiger partial charge in [-0.2, -0.15) is 0 Å². The topological polar surface area (TPSA) is 32.3 Å². The highest BCUT2D eigenvalue weighted by molar-refractivity contribution is 6.30. The molecule has 1 aliphatic heterocycles. The number of piperidine rings is 1. The lowest BCUT2D eigenvalue weighted by Crippen LogP contribution is -2.44. The van der Waals surface area contributed by atoms with Crippen molar-refractivity contribution in [2.45, 2.75) is 25.4 Å². The van der Waals surface area contributed by atoms with E-state index in [9.17, 15) is 9.18 Å². The molecule has 1 aliphatic rings. The van der Waals surface area contributed by atoms with Crippen molar-refractivity contribution in [3.63, 3.8) is 0 Å². The Bertz CT molecular complexity index is 744. The van der Waals surface area contributed by atoms with Gasteiger partial charge in [-0.25, -0.2) is 4.39 Å². The molecule has 0 bridgehead atoms. The number of halogens is 3. The lowest BCUT2D eigenvalue weighted by atomic mass is 10.0. The van der Waals surface area contributed by atoms with Crippen LogP contribution in [-0.2, 0) is 6.54 Å². The minimum absolute atomic E-state index is 0.0352. The second-order valence-corrected chi connectivity index (χ2v) is 7.15. The fourth-order valence-electron chi connectivity index (χ4n) is 3.02. The number of carbonyl (C=O) groups excluding carboxylic acids is 1. The zero-order valence-electron chi connectivity index (χ0n) is 13.6. The summed E-state index contributed by atoms with van der Waals surface area (Å²) >= 11 is 11.6. The Hall–Kier alpha value is -1.62. The first-order valence-electron chi connectivity index (χ1n) is 8.24. The van der Waals surface area contributed by atoms with Crippen LogP contribution in [-0.4, -0.2) is 29.9 Å². The average molecular weight is 381 g/mol. The van der Waals surface area contributed by atoms with Crippen LogP contribution in [0.4, 0.5) is 4.39 Å². The average Bonchev–Trinajstić information content (AvgIpc) is 2.58. The van der Waals surface area contributed by atoms with Crippen LogP contribution in [0, 0.1) is 5.82 Å². The number of likely N-dealkylation sites (tertiary alicyclic amines) is 1. The van der Waals surface area contributed by atoms with Crippen LogP contribution in [0.2, 0.25) is 10.0 Å². The van der Waals surface area contributed by atoms with Crippen LogP contribution in [0.25, 0.3) is 0 Å². The van der Waals surface area contributed by atoms with Crippen molar-refractivity contribution in [2.24, 2.45) is 0 Å². The molecule has 0 aromatic heterocycles. The molecule has 0 radical (unpaired) electrons. The van der Waals surface area contributed by atoms with Gasteiger partial charge in [0.1, 0.15) is 5.82 Å². The highest BCUT2D eigenvalue weighted by Gasteiger charge is 2.22. The number of benzene rings is 2. The molecular weight excluding hydrogens is 362 g/mol. The third-order valence-electron chi connectivity index (χ3n) is 4.42. The highest BCUT2D eigenvalue weighted by atomic mass is 35.5. The fraction of sp³-hybridized carbons (Fsp3) is 0.316. The maximum absolute atomic E-state index is 13.8. The van der Waals surface area contributed by atoms with Gasteiger partial charge in [-0.15, -0.1) is 0 Å². The van der Waals surface area contributed by atoms with E-state index in [0.717, 1.165) is 43.6 Å². The Kier molecular flexibility index (Phi) is 5.94. The Balaban J connectivity index is 1.50. The van der Waals surface area contributed by atoms with E-state index in [0.29, 0.717) is 0 Å². The second kappa shape index (κ2) is 8.17. The van der Waals surface area contributed by atoms with Crippen molar-refractivity contribution in [1.82, 2.24) is 10.2 Å². The van der Waals surface area contributed by atoms with Gasteiger partial charge in [0.05, 0.1) is 5.56 Å². The molecule has 1 N–H and O–H groups in total. The summed E-state index contributed by atoms with van der Waals surface area (Å²) in [5.74, 6) is -0.976. The molecule has 0 saturated carbocycles. The number of amides is 1. The second-order valence-electron chi connectivity index (χ2n) is 6.27. The summed E-state index contributed by atoms with van der Waals surface area (Å²) in [4.78, 5) is 14.6. The zero-order chi connectivity index (χ0) is 17.8. The predicted octanol–water partition coefficient (Wildman–Crippen LogP) is 4.53. The van der Waals surface area contributed by atoms with Crippen LogP contribution in [0.15, 0.2) is 42.5 Å². The molecule has 2 aromatic carbocycles. The Morgan fingerprint density at radius 1 is 1.08 bits per heavy atom. The number of carbonyl (C=O) groups is 1. The fourth-order valence-corrected chi connectivity index (χ4v) is 3.30. The molecule has 1 fully saturated rings. The zero-order valence-corrected chi connectivity index (χ0v) is 15.2. The molecule has 3 rings (SSSR count). The van der Waals surface area contributed by atoms with E-state index < -0.39 is 5.82 Å². The molecule has 3 nitrogen and oxygen atoms in total. The normalized spacial score (nSPS) is 16.0. The van der Waals surface area contributed by atoms with E-state index in [4.69, 9.17) is 23.2 Å². The number of hydrogen-bond donors (Lipinski definition) is 1. The van der Waals surface area contributed by atoms with E-state index in [2.05, 4.69) is 10.2 Å². The van der Waals surface area contributed by atoms with Crippen LogP contribution < -0.4 is 5.32 Å². The van der Waals surface area contributed by atoms with Crippen LogP contribution in [0.1, 0.15) is 28.8 Å². The van der Waals surface area contributed by atoms with Gasteiger partial charge in [0.2, 0.25) is 0 Å². The summed E-state index contributed by atoms with van der Waals surface area (Å²) in [6.45, 7) is 2.64. The van der Waals surface area contributed by atoms with Crippen LogP contribution in [0.5, 0.6) is 0 Å². The van der Waals surface area contributed by atoms with Gasteiger partial charge in [0, 0.05) is 35.7 Å². The molecule has 0 aliphatic carbocycles. The molecule has 1 saturated heterocycles. The van der Waals surface area contributed by atoms with E-state index in [-0.39, 0.29) is 22.5 Å². The molecule has 25 heavy (non-hydrogen) atoms. The number of rotatable bonds is 4. The summed E-state index contributed by atoms with van der Waals surface area (Å²) in [6.07, 6.45) is 1.68. The van der Waals surface area contributed by atoms with E-state index in [1.807, 2.05) is 24.3 Å². The number of nitrogens with one attached hydrogen (secondary N) is 1. The first-order valence-corrected chi connectivity index (χ1v) is 8.99. The quantitative estimate of drug-likeness (QED) is 0.844. The smallest absolute Gasteiger partial charge is 0.254 e. The molecule has 2 aromatic rings. The molecule has 0 spiro atoms. The minimum atomic E-state index is -0.592. The summed E-state index contributed by atoms with van der Waals surface area (Å²) in [6, 6.07) is 12.0. The third-order valence-corrected chi connectivity index (χ3v) is 4.91. The minimum Gasteiger partial charge on any atom is -0.349 e. The van der Waals surface area contributed by atoms with Gasteiger partial charge >= 0.3 is 0 Å². The maximum Gasteiger partial charge on any atom is 0.254 e. The van der Waals surface area contributed by atoms with Crippen molar-refractivity contribution in [2.75, 3.05) is 13.1 Å². The SMILES string of the molecule is O=C(NC1CCN(Cc2ccc(Cl)cc2)CC1)c1ccc(Cl)cc1F. The van der Waals surface area contributed by atoms with E-state index >= 15 is 0 Å². The molecule has 6 heteroatoms. The van der Waals surface area contributed by atoms with Crippen molar-refractivity contribution >= 4 is 29.1 Å². The molecule has 0 unspecified atom stereocenters. The monoisotopic (exact) mass is 380 g/mol. The lowest BCUT2D eigenvalue weighted by molar-refractivity contribution is 0.0905. The first kappa shape index (κ1) is 18.2. The predicted molar refractivity (Wildman–Crippen MR) is 98.6 cm³/mol. The van der Waals surface area contributed by atoms with Gasteiger partial charge in [-0.05, 0) is 48.7 Å². The molecular formula is C19H19Cl2FN2O. The van der Waals surface area contributed by atoms with Gasteiger partial charge in [-0.1, -0.05) is 35.3 Å². The molecule has 1 amide bonds. The van der Waals surface area contributed by atoms with Crippen molar-refractivity contribution in [3.8, 4) is 0 Å². The van der Waals surface area contributed by atoms with Crippen molar-refractivity contribution in [1.29, 1.82) is 0 Å². The Morgan fingerprint density at radius 3 is 2.36 bits per heavy atom. The molecule has 1 heterocycles. The number of nitrogens with zero attached hydrogens (tertiary/aromatic N) is 1. The summed E-state index contributed by atoms with van der Waals surface area (Å²) in [5.41, 5.74) is 1.25. The largest absolute Gasteiger partial charge is 0.349 e. The molecule has 132 valence electrons. The number of hydrogen-bond acceptors (Lipinski definition) is 2. The van der Waals surface area contributed by atoms with Gasteiger partial charge in [0.15, 0.2) is 0 Å². The van der Waals surface area contributed by atoms with Crippen LogP contribution in [0.3, 0.4) is 0 Å². The highest BCUT2D eigenvalue weighted by Crippen LogP contribution is 2.18. The van der Waals surface area contributed by atoms with Crippen molar-refractivity contribution < 1.29 is 9.18 Å². The van der Waals surface area contributed by atoms with E-state index in [1.165, 1.54) is 17.7 Å². The summed E-state index contributed by atoms with van der Waals surface area (Å²) in [7, 11) is 0.